The number of amides is 2. The number of anilines is 1. The summed E-state index contributed by atoms with van der Waals surface area (Å²) in [5.41, 5.74) is 3.06. The van der Waals surface area contributed by atoms with E-state index >= 15 is 0 Å². The lowest BCUT2D eigenvalue weighted by atomic mass is 9.95. The van der Waals surface area contributed by atoms with Crippen LogP contribution in [0.15, 0.2) is 18.2 Å². The highest BCUT2D eigenvalue weighted by molar-refractivity contribution is 6.01. The first-order chi connectivity index (χ1) is 11.9. The molecule has 2 aliphatic rings. The third-order valence-corrected chi connectivity index (χ3v) is 5.50. The molecule has 0 saturated carbocycles. The summed E-state index contributed by atoms with van der Waals surface area (Å²) >= 11 is 0. The maximum absolute atomic E-state index is 12.8. The van der Waals surface area contributed by atoms with Crippen LogP contribution in [-0.2, 0) is 14.4 Å². The van der Waals surface area contributed by atoms with Gasteiger partial charge in [0.2, 0.25) is 11.8 Å². The van der Waals surface area contributed by atoms with Crippen LogP contribution in [0.4, 0.5) is 5.69 Å². The third kappa shape index (κ3) is 3.38. The molecule has 0 unspecified atom stereocenters. The Bertz CT molecular complexity index is 707. The molecule has 134 valence electrons. The topological polar surface area (TPSA) is 77.9 Å². The van der Waals surface area contributed by atoms with E-state index in [2.05, 4.69) is 0 Å². The number of nitrogens with zero attached hydrogens (tertiary/aromatic N) is 2. The Labute approximate surface area is 147 Å². The van der Waals surface area contributed by atoms with E-state index < -0.39 is 5.97 Å². The molecule has 1 aromatic rings. The predicted octanol–water partition coefficient (Wildman–Crippen LogP) is 1.98. The molecule has 0 aliphatic carbocycles. The molecule has 3 rings (SSSR count). The molecule has 2 amide bonds. The van der Waals surface area contributed by atoms with E-state index in [1.165, 1.54) is 0 Å². The highest BCUT2D eigenvalue weighted by Crippen LogP contribution is 2.31. The number of hydrogen-bond donors (Lipinski definition) is 1. The van der Waals surface area contributed by atoms with Crippen LogP contribution in [0.3, 0.4) is 0 Å². The van der Waals surface area contributed by atoms with Gasteiger partial charge < -0.3 is 14.9 Å². The molecule has 2 aliphatic heterocycles. The van der Waals surface area contributed by atoms with Gasteiger partial charge >= 0.3 is 5.97 Å². The fourth-order valence-electron chi connectivity index (χ4n) is 3.74. The summed E-state index contributed by atoms with van der Waals surface area (Å²) < 4.78 is 0. The summed E-state index contributed by atoms with van der Waals surface area (Å²) in [5, 5.41) is 9.06. The van der Waals surface area contributed by atoms with Gasteiger partial charge in [-0.05, 0) is 43.9 Å². The Morgan fingerprint density at radius 2 is 1.80 bits per heavy atom. The first-order valence-corrected chi connectivity index (χ1v) is 8.76. The van der Waals surface area contributed by atoms with E-state index in [0.29, 0.717) is 32.5 Å². The molecule has 1 N–H and O–H groups in total. The van der Waals surface area contributed by atoms with E-state index in [4.69, 9.17) is 5.11 Å². The maximum atomic E-state index is 12.8. The van der Waals surface area contributed by atoms with Crippen LogP contribution < -0.4 is 4.90 Å². The van der Waals surface area contributed by atoms with E-state index in [-0.39, 0.29) is 30.1 Å². The number of carboxylic acids is 1. The lowest BCUT2D eigenvalue weighted by Gasteiger charge is -2.31. The van der Waals surface area contributed by atoms with Crippen LogP contribution >= 0.6 is 0 Å². The van der Waals surface area contributed by atoms with Crippen molar-refractivity contribution in [3.63, 3.8) is 0 Å². The van der Waals surface area contributed by atoms with Gasteiger partial charge in [-0.25, -0.2) is 0 Å². The molecular formula is C19H24N2O4. The summed E-state index contributed by atoms with van der Waals surface area (Å²) in [4.78, 5) is 39.7. The van der Waals surface area contributed by atoms with Gasteiger partial charge in [0.15, 0.2) is 0 Å². The molecule has 2 saturated heterocycles. The van der Waals surface area contributed by atoms with Gasteiger partial charge in [-0.3, -0.25) is 14.4 Å². The molecule has 2 heterocycles. The molecule has 0 spiro atoms. The number of benzene rings is 1. The quantitative estimate of drug-likeness (QED) is 0.909. The number of carbonyl (C=O) groups excluding carboxylic acids is 2. The van der Waals surface area contributed by atoms with Gasteiger partial charge in [-0.15, -0.1) is 0 Å². The fourth-order valence-corrected chi connectivity index (χ4v) is 3.74. The summed E-state index contributed by atoms with van der Waals surface area (Å²) in [7, 11) is 0. The molecule has 25 heavy (non-hydrogen) atoms. The van der Waals surface area contributed by atoms with Crippen LogP contribution in [0, 0.1) is 25.7 Å². The molecule has 0 aromatic heterocycles. The second-order valence-electron chi connectivity index (χ2n) is 7.06. The standard InChI is InChI=1S/C19H24N2O4/c1-12-4-3-5-16(13(12)2)21-11-15(10-17(21)22)18(23)20-8-6-14(7-9-20)19(24)25/h3-5,14-15H,6-11H2,1-2H3,(H,24,25)/t15-/m1/s1. The Hall–Kier alpha value is -2.37. The van der Waals surface area contributed by atoms with Crippen LogP contribution in [0.1, 0.15) is 30.4 Å². The zero-order chi connectivity index (χ0) is 18.1. The fraction of sp³-hybridized carbons (Fsp3) is 0.526. The normalized spacial score (nSPS) is 21.7. The van der Waals surface area contributed by atoms with E-state index in [1.807, 2.05) is 32.0 Å². The Morgan fingerprint density at radius 1 is 1.12 bits per heavy atom. The Kier molecular flexibility index (Phi) is 4.79. The number of piperidine rings is 1. The van der Waals surface area contributed by atoms with E-state index in [9.17, 15) is 14.4 Å². The van der Waals surface area contributed by atoms with Crippen LogP contribution in [0.5, 0.6) is 0 Å². The van der Waals surface area contributed by atoms with Crippen molar-refractivity contribution in [3.05, 3.63) is 29.3 Å². The third-order valence-electron chi connectivity index (χ3n) is 5.50. The van der Waals surface area contributed by atoms with Gasteiger partial charge in [-0.1, -0.05) is 12.1 Å². The van der Waals surface area contributed by atoms with Crippen LogP contribution in [0.2, 0.25) is 0 Å². The van der Waals surface area contributed by atoms with Crippen molar-refractivity contribution >= 4 is 23.5 Å². The van der Waals surface area contributed by atoms with Crippen LogP contribution in [0.25, 0.3) is 0 Å². The summed E-state index contributed by atoms with van der Waals surface area (Å²) in [5.74, 6) is -1.53. The van der Waals surface area contributed by atoms with Gasteiger partial charge in [0, 0.05) is 31.7 Å². The molecule has 1 atom stereocenters. The first kappa shape index (κ1) is 17.5. The number of likely N-dealkylation sites (tertiary alicyclic amines) is 1. The number of rotatable bonds is 3. The van der Waals surface area contributed by atoms with Crippen LogP contribution in [-0.4, -0.2) is 47.4 Å². The second kappa shape index (κ2) is 6.86. The van der Waals surface area contributed by atoms with Gasteiger partial charge in [0.1, 0.15) is 0 Å². The van der Waals surface area contributed by atoms with E-state index in [1.54, 1.807) is 9.80 Å². The molecule has 0 bridgehead atoms. The second-order valence-corrected chi connectivity index (χ2v) is 7.06. The number of carboxylic acid groups (broad SMARTS) is 1. The van der Waals surface area contributed by atoms with Gasteiger partial charge in [-0.2, -0.15) is 0 Å². The van der Waals surface area contributed by atoms with Gasteiger partial charge in [0.05, 0.1) is 11.8 Å². The number of carbonyl (C=O) groups is 3. The molecule has 1 aromatic carbocycles. The average molecular weight is 344 g/mol. The Morgan fingerprint density at radius 3 is 2.44 bits per heavy atom. The van der Waals surface area contributed by atoms with Crippen molar-refractivity contribution in [2.45, 2.75) is 33.1 Å². The smallest absolute Gasteiger partial charge is 0.306 e. The first-order valence-electron chi connectivity index (χ1n) is 8.76. The molecular weight excluding hydrogens is 320 g/mol. The largest absolute Gasteiger partial charge is 0.481 e. The number of aliphatic carboxylic acids is 1. The average Bonchev–Trinajstić information content (AvgIpc) is 2.98. The van der Waals surface area contributed by atoms with Crippen molar-refractivity contribution in [2.75, 3.05) is 24.5 Å². The minimum atomic E-state index is -0.788. The highest BCUT2D eigenvalue weighted by atomic mass is 16.4. The zero-order valence-corrected chi connectivity index (χ0v) is 14.7. The van der Waals surface area contributed by atoms with Crippen molar-refractivity contribution in [1.29, 1.82) is 0 Å². The highest BCUT2D eigenvalue weighted by Gasteiger charge is 2.39. The maximum Gasteiger partial charge on any atom is 0.306 e. The lowest BCUT2D eigenvalue weighted by molar-refractivity contribution is -0.146. The monoisotopic (exact) mass is 344 g/mol. The van der Waals surface area contributed by atoms with Crippen molar-refractivity contribution in [1.82, 2.24) is 4.90 Å². The molecule has 6 heteroatoms. The predicted molar refractivity (Wildman–Crippen MR) is 93.3 cm³/mol. The summed E-state index contributed by atoms with van der Waals surface area (Å²) in [6.07, 6.45) is 1.20. The van der Waals surface area contributed by atoms with Crippen molar-refractivity contribution in [2.24, 2.45) is 11.8 Å². The zero-order valence-electron chi connectivity index (χ0n) is 14.7. The van der Waals surface area contributed by atoms with Crippen molar-refractivity contribution in [3.8, 4) is 0 Å². The number of hydrogen-bond acceptors (Lipinski definition) is 3. The Balaban J connectivity index is 1.67. The van der Waals surface area contributed by atoms with Crippen molar-refractivity contribution < 1.29 is 19.5 Å². The summed E-state index contributed by atoms with van der Waals surface area (Å²) in [6, 6.07) is 5.86. The van der Waals surface area contributed by atoms with E-state index in [0.717, 1.165) is 16.8 Å². The molecule has 2 fully saturated rings. The lowest BCUT2D eigenvalue weighted by Crippen LogP contribution is -2.43. The van der Waals surface area contributed by atoms with Gasteiger partial charge in [0.25, 0.3) is 0 Å². The SMILES string of the molecule is Cc1cccc(N2C[C@H](C(=O)N3CCC(C(=O)O)CC3)CC2=O)c1C. The minimum absolute atomic E-state index is 0.0209. The minimum Gasteiger partial charge on any atom is -0.481 e. The number of aryl methyl sites for hydroxylation is 1. The molecule has 0 radical (unpaired) electrons. The molecule has 6 nitrogen and oxygen atoms in total. The summed E-state index contributed by atoms with van der Waals surface area (Å²) in [6.45, 7) is 5.33.